The fourth-order valence-corrected chi connectivity index (χ4v) is 5.18. The predicted molar refractivity (Wildman–Crippen MR) is 114 cm³/mol. The number of aliphatic carboxylic acids is 3. The third-order valence-corrected chi connectivity index (χ3v) is 6.85. The number of carboxylic acid groups (broad SMARTS) is 3. The Hall–Kier alpha value is -2.57. The average molecular weight is 482 g/mol. The number of hydrogen-bond acceptors (Lipinski definition) is 8. The molecule has 1 aromatic rings. The first-order valence-corrected chi connectivity index (χ1v) is 11.0. The summed E-state index contributed by atoms with van der Waals surface area (Å²) in [4.78, 5) is 35.8. The lowest BCUT2D eigenvalue weighted by Gasteiger charge is -2.48. The van der Waals surface area contributed by atoms with E-state index >= 15 is 0 Å². The molecule has 2 saturated heterocycles. The van der Waals surface area contributed by atoms with Gasteiger partial charge >= 0.3 is 17.9 Å². The van der Waals surface area contributed by atoms with Crippen molar-refractivity contribution in [1.29, 1.82) is 0 Å². The van der Waals surface area contributed by atoms with E-state index in [0.717, 1.165) is 18.4 Å². The summed E-state index contributed by atoms with van der Waals surface area (Å²) in [7, 11) is 0. The molecule has 11 heteroatoms. The number of aliphatic hydroxyl groups excluding tert-OH is 2. The Morgan fingerprint density at radius 3 is 2.12 bits per heavy atom. The molecule has 0 radical (unpaired) electrons. The first kappa shape index (κ1) is 26.0. The number of ether oxygens (including phenoxy) is 2. The van der Waals surface area contributed by atoms with E-state index in [2.05, 4.69) is 6.92 Å². The maximum absolute atomic E-state index is 12.1. The summed E-state index contributed by atoms with van der Waals surface area (Å²) in [5.41, 5.74) is -5.90. The second-order valence-electron chi connectivity index (χ2n) is 9.43. The van der Waals surface area contributed by atoms with E-state index in [9.17, 15) is 45.0 Å². The molecule has 2 bridgehead atoms. The zero-order chi connectivity index (χ0) is 25.5. The van der Waals surface area contributed by atoms with Crippen LogP contribution in [-0.2, 0) is 30.3 Å². The highest BCUT2D eigenvalue weighted by atomic mass is 16.8. The maximum atomic E-state index is 12.1. The van der Waals surface area contributed by atoms with E-state index < -0.39 is 53.2 Å². The number of carbonyl (C=O) groups is 3. The molecule has 0 saturated carbocycles. The lowest BCUT2D eigenvalue weighted by molar-refractivity contribution is -0.374. The minimum Gasteiger partial charge on any atom is -0.479 e. The van der Waals surface area contributed by atoms with Crippen LogP contribution in [-0.4, -0.2) is 83.8 Å². The molecule has 3 rings (SSSR count). The SMILES string of the molecule is CC(CC[C@@]12O[C@H](C(=O)O)[C@@](O)(C(=O)O)[C@@](C(=O)O)(O1)[C@H](O)[C@H]2O)C[C@H](C)Cc1ccccc1. The largest absolute Gasteiger partial charge is 0.479 e. The van der Waals surface area contributed by atoms with Gasteiger partial charge in [-0.1, -0.05) is 44.2 Å². The first-order chi connectivity index (χ1) is 15.8. The van der Waals surface area contributed by atoms with Crippen molar-refractivity contribution in [2.45, 2.75) is 74.8 Å². The van der Waals surface area contributed by atoms with E-state index in [4.69, 9.17) is 9.47 Å². The molecular formula is C23H30O11. The van der Waals surface area contributed by atoms with Crippen molar-refractivity contribution in [3.8, 4) is 0 Å². The van der Waals surface area contributed by atoms with Crippen molar-refractivity contribution in [3.05, 3.63) is 35.9 Å². The van der Waals surface area contributed by atoms with Crippen molar-refractivity contribution < 1.29 is 54.5 Å². The Bertz CT molecular complexity index is 936. The van der Waals surface area contributed by atoms with Crippen LogP contribution in [0.25, 0.3) is 0 Å². The highest BCUT2D eigenvalue weighted by Gasteiger charge is 2.84. The summed E-state index contributed by atoms with van der Waals surface area (Å²) >= 11 is 0. The van der Waals surface area contributed by atoms with Crippen LogP contribution in [0.2, 0.25) is 0 Å². The molecule has 0 spiro atoms. The lowest BCUT2D eigenvalue weighted by Crippen LogP contribution is -2.77. The van der Waals surface area contributed by atoms with Crippen molar-refractivity contribution >= 4 is 17.9 Å². The Morgan fingerprint density at radius 2 is 1.59 bits per heavy atom. The van der Waals surface area contributed by atoms with Gasteiger partial charge in [0.1, 0.15) is 12.2 Å². The quantitative estimate of drug-likeness (QED) is 0.268. The van der Waals surface area contributed by atoms with Crippen LogP contribution >= 0.6 is 0 Å². The van der Waals surface area contributed by atoms with Crippen molar-refractivity contribution in [2.75, 3.05) is 0 Å². The molecular weight excluding hydrogens is 452 g/mol. The van der Waals surface area contributed by atoms with Crippen LogP contribution in [0.4, 0.5) is 0 Å². The second kappa shape index (κ2) is 9.23. The average Bonchev–Trinajstić information content (AvgIpc) is 2.96. The van der Waals surface area contributed by atoms with Crippen LogP contribution in [0.15, 0.2) is 30.3 Å². The topological polar surface area (TPSA) is 191 Å². The fourth-order valence-electron chi connectivity index (χ4n) is 5.18. The van der Waals surface area contributed by atoms with Gasteiger partial charge in [-0.25, -0.2) is 14.4 Å². The van der Waals surface area contributed by atoms with Gasteiger partial charge in [-0.15, -0.1) is 0 Å². The molecule has 0 amide bonds. The fraction of sp³-hybridized carbons (Fsp3) is 0.609. The molecule has 2 heterocycles. The van der Waals surface area contributed by atoms with Crippen LogP contribution < -0.4 is 0 Å². The normalized spacial score (nSPS) is 36.6. The molecule has 188 valence electrons. The van der Waals surface area contributed by atoms with Crippen LogP contribution in [0.5, 0.6) is 0 Å². The minimum absolute atomic E-state index is 0.00646. The molecule has 1 aromatic carbocycles. The molecule has 2 fully saturated rings. The van der Waals surface area contributed by atoms with Gasteiger partial charge in [0, 0.05) is 6.42 Å². The molecule has 0 aliphatic carbocycles. The Balaban J connectivity index is 1.82. The summed E-state index contributed by atoms with van der Waals surface area (Å²) in [6.45, 7) is 3.97. The second-order valence-corrected chi connectivity index (χ2v) is 9.43. The van der Waals surface area contributed by atoms with E-state index in [1.165, 1.54) is 0 Å². The first-order valence-electron chi connectivity index (χ1n) is 11.0. The summed E-state index contributed by atoms with van der Waals surface area (Å²) in [6.07, 6.45) is -5.62. The monoisotopic (exact) mass is 482 g/mol. The number of rotatable bonds is 10. The summed E-state index contributed by atoms with van der Waals surface area (Å²) in [5, 5.41) is 60.8. The smallest absolute Gasteiger partial charge is 0.343 e. The van der Waals surface area contributed by atoms with Gasteiger partial charge in [0.25, 0.3) is 0 Å². The van der Waals surface area contributed by atoms with Crippen LogP contribution in [0, 0.1) is 11.8 Å². The summed E-state index contributed by atoms with van der Waals surface area (Å²) in [5.74, 6) is -8.47. The molecule has 0 aromatic heterocycles. The van der Waals surface area contributed by atoms with Gasteiger partial charge in [0.15, 0.2) is 5.79 Å². The lowest BCUT2D eigenvalue weighted by atomic mass is 9.74. The molecule has 34 heavy (non-hydrogen) atoms. The van der Waals surface area contributed by atoms with Crippen molar-refractivity contribution in [1.82, 2.24) is 0 Å². The van der Waals surface area contributed by atoms with Gasteiger partial charge in [-0.05, 0) is 36.7 Å². The van der Waals surface area contributed by atoms with Gasteiger partial charge in [0.2, 0.25) is 17.3 Å². The standard InChI is InChI=1S/C23H30O11/c1-12(10-13(2)11-14-6-4-3-5-7-14)8-9-21-15(24)16(25)23(34-21,20(30)31)22(32,19(28)29)17(33-21)18(26)27/h3-7,12-13,15-17,24-25,32H,8-11H2,1-2H3,(H,26,27)(H,28,29)(H,30,31)/t12?,13-,15+,16+,17+,21+,22+,23+/m0/s1. The zero-order valence-electron chi connectivity index (χ0n) is 18.8. The number of aliphatic hydroxyl groups is 3. The third kappa shape index (κ3) is 3.97. The number of carboxylic acids is 3. The molecule has 1 unspecified atom stereocenters. The molecule has 11 nitrogen and oxygen atoms in total. The van der Waals surface area contributed by atoms with Crippen LogP contribution in [0.3, 0.4) is 0 Å². The zero-order valence-corrected chi connectivity index (χ0v) is 18.8. The summed E-state index contributed by atoms with van der Waals surface area (Å²) < 4.78 is 10.6. The van der Waals surface area contributed by atoms with Gasteiger partial charge in [0.05, 0.1) is 0 Å². The number of benzene rings is 1. The van der Waals surface area contributed by atoms with Gasteiger partial charge in [-0.3, -0.25) is 0 Å². The Kier molecular flexibility index (Phi) is 7.07. The highest BCUT2D eigenvalue weighted by molar-refractivity contribution is 5.97. The molecule has 2 aliphatic heterocycles. The Labute approximate surface area is 195 Å². The van der Waals surface area contributed by atoms with E-state index in [-0.39, 0.29) is 24.7 Å². The number of fused-ring (bicyclic) bond motifs is 2. The highest BCUT2D eigenvalue weighted by Crippen LogP contribution is 2.54. The summed E-state index contributed by atoms with van der Waals surface area (Å²) in [6, 6.07) is 9.85. The molecule has 6 N–H and O–H groups in total. The van der Waals surface area contributed by atoms with Crippen LogP contribution in [0.1, 0.15) is 38.7 Å². The maximum Gasteiger partial charge on any atom is 0.343 e. The Morgan fingerprint density at radius 1 is 0.971 bits per heavy atom. The van der Waals surface area contributed by atoms with Crippen molar-refractivity contribution in [2.24, 2.45) is 11.8 Å². The third-order valence-electron chi connectivity index (χ3n) is 6.85. The van der Waals surface area contributed by atoms with Crippen molar-refractivity contribution in [3.63, 3.8) is 0 Å². The van der Waals surface area contributed by atoms with Gasteiger partial charge in [-0.2, -0.15) is 0 Å². The number of hydrogen-bond donors (Lipinski definition) is 6. The molecule has 8 atom stereocenters. The predicted octanol–water partition coefficient (Wildman–Crippen LogP) is 0.242. The van der Waals surface area contributed by atoms with Gasteiger partial charge < -0.3 is 40.1 Å². The molecule has 2 aliphatic rings. The van der Waals surface area contributed by atoms with E-state index in [0.29, 0.717) is 0 Å². The minimum atomic E-state index is -3.71. The van der Waals surface area contributed by atoms with E-state index in [1.807, 2.05) is 37.3 Å². The van der Waals surface area contributed by atoms with E-state index in [1.54, 1.807) is 0 Å².